The molecule has 1 aromatic carbocycles. The quantitative estimate of drug-likeness (QED) is 0.796. The molecule has 0 saturated carbocycles. The van der Waals surface area contributed by atoms with Gasteiger partial charge in [-0.2, -0.15) is 9.97 Å². The molecule has 0 unspecified atom stereocenters. The van der Waals surface area contributed by atoms with Crippen LogP contribution in [-0.2, 0) is 0 Å². The molecule has 2 aromatic rings. The molecule has 0 saturated heterocycles. The molecule has 0 aliphatic rings. The fraction of sp³-hybridized carbons (Fsp3) is 0.0909. The molecule has 0 radical (unpaired) electrons. The second kappa shape index (κ2) is 5.01. The first kappa shape index (κ1) is 12.9. The fourth-order valence-electron chi connectivity index (χ4n) is 1.45. The van der Waals surface area contributed by atoms with Crippen LogP contribution in [0.15, 0.2) is 18.2 Å². The van der Waals surface area contributed by atoms with Gasteiger partial charge in [0.05, 0.1) is 0 Å². The molecule has 5 nitrogen and oxygen atoms in total. The number of anilines is 4. The zero-order valence-electron chi connectivity index (χ0n) is 9.84. The summed E-state index contributed by atoms with van der Waals surface area (Å²) >= 11 is 0. The van der Waals surface area contributed by atoms with Gasteiger partial charge in [0.1, 0.15) is 23.1 Å². The number of hydrogen-bond donors (Lipinski definition) is 3. The maximum absolute atomic E-state index is 13.4. The molecule has 8 heteroatoms. The Hall–Kier alpha value is -2.51. The van der Waals surface area contributed by atoms with E-state index in [1.165, 1.54) is 6.07 Å². The average molecular weight is 269 g/mol. The largest absolute Gasteiger partial charge is 0.373 e. The normalized spacial score (nSPS) is 10.3. The van der Waals surface area contributed by atoms with Gasteiger partial charge >= 0.3 is 0 Å². The van der Waals surface area contributed by atoms with Gasteiger partial charge in [0, 0.05) is 25.2 Å². The van der Waals surface area contributed by atoms with E-state index in [9.17, 15) is 13.2 Å². The Morgan fingerprint density at radius 1 is 1.00 bits per heavy atom. The summed E-state index contributed by atoms with van der Waals surface area (Å²) in [7, 11) is 1.60. The van der Waals surface area contributed by atoms with E-state index in [1.54, 1.807) is 7.05 Å². The van der Waals surface area contributed by atoms with E-state index >= 15 is 0 Å². The Morgan fingerprint density at radius 3 is 2.16 bits per heavy atom. The highest BCUT2D eigenvalue weighted by Gasteiger charge is 2.13. The predicted octanol–water partition coefficient (Wildman–Crippen LogP) is 2.26. The van der Waals surface area contributed by atoms with E-state index in [4.69, 9.17) is 5.73 Å². The highest BCUT2D eigenvalue weighted by Crippen LogP contribution is 2.24. The van der Waals surface area contributed by atoms with Crippen molar-refractivity contribution in [3.05, 3.63) is 35.7 Å². The molecule has 19 heavy (non-hydrogen) atoms. The van der Waals surface area contributed by atoms with Crippen LogP contribution in [-0.4, -0.2) is 17.0 Å². The van der Waals surface area contributed by atoms with E-state index in [0.29, 0.717) is 18.0 Å². The molecular formula is C11H10F3N5. The van der Waals surface area contributed by atoms with E-state index < -0.39 is 23.1 Å². The van der Waals surface area contributed by atoms with Crippen molar-refractivity contribution in [1.82, 2.24) is 9.97 Å². The fourth-order valence-corrected chi connectivity index (χ4v) is 1.45. The van der Waals surface area contributed by atoms with Crippen molar-refractivity contribution in [1.29, 1.82) is 0 Å². The molecule has 4 N–H and O–H groups in total. The Balaban J connectivity index is 2.39. The van der Waals surface area contributed by atoms with E-state index in [0.717, 1.165) is 0 Å². The van der Waals surface area contributed by atoms with Crippen LogP contribution < -0.4 is 16.4 Å². The molecule has 2 rings (SSSR count). The first-order valence-corrected chi connectivity index (χ1v) is 5.23. The Bertz CT molecular complexity index is 594. The van der Waals surface area contributed by atoms with Gasteiger partial charge in [-0.3, -0.25) is 0 Å². The third-order valence-electron chi connectivity index (χ3n) is 2.26. The van der Waals surface area contributed by atoms with Crippen LogP contribution in [0.2, 0.25) is 0 Å². The number of nitrogens with two attached hydrogens (primary N) is 1. The number of aromatic nitrogens is 2. The molecule has 0 aliphatic carbocycles. The van der Waals surface area contributed by atoms with Crippen LogP contribution in [0.1, 0.15) is 0 Å². The Labute approximate surface area is 106 Å². The van der Waals surface area contributed by atoms with Crippen molar-refractivity contribution >= 4 is 23.3 Å². The number of halogens is 3. The highest BCUT2D eigenvalue weighted by molar-refractivity contribution is 5.61. The van der Waals surface area contributed by atoms with Crippen LogP contribution >= 0.6 is 0 Å². The van der Waals surface area contributed by atoms with Crippen molar-refractivity contribution in [3.63, 3.8) is 0 Å². The van der Waals surface area contributed by atoms with E-state index in [-0.39, 0.29) is 11.8 Å². The minimum Gasteiger partial charge on any atom is -0.373 e. The number of hydrogen-bond acceptors (Lipinski definition) is 5. The first-order valence-electron chi connectivity index (χ1n) is 5.23. The second-order valence-corrected chi connectivity index (χ2v) is 3.62. The molecule has 0 bridgehead atoms. The summed E-state index contributed by atoms with van der Waals surface area (Å²) in [4.78, 5) is 7.59. The summed E-state index contributed by atoms with van der Waals surface area (Å²) in [5.41, 5.74) is 4.93. The number of nitrogens with zero attached hydrogens (tertiary/aromatic N) is 2. The van der Waals surface area contributed by atoms with Crippen molar-refractivity contribution in [2.24, 2.45) is 0 Å². The Kier molecular flexibility index (Phi) is 3.41. The molecule has 1 aromatic heterocycles. The minimum absolute atomic E-state index is 0.0720. The number of nitrogen functional groups attached to an aromatic ring is 1. The minimum atomic E-state index is -1.07. The van der Waals surface area contributed by atoms with Crippen molar-refractivity contribution in [3.8, 4) is 0 Å². The summed E-state index contributed by atoms with van der Waals surface area (Å²) in [5, 5.41) is 5.11. The molecule has 0 aliphatic heterocycles. The lowest BCUT2D eigenvalue weighted by Gasteiger charge is -2.10. The standard InChI is InChI=1S/C11H10F3N5/c1-16-8-4-9(19-11(15)18-8)17-10-6(13)2-5(12)3-7(10)14/h2-4H,1H3,(H4,15,16,17,18,19). The topological polar surface area (TPSA) is 75.9 Å². The summed E-state index contributed by atoms with van der Waals surface area (Å²) in [5.74, 6) is -2.75. The number of benzene rings is 1. The number of rotatable bonds is 3. The third kappa shape index (κ3) is 2.84. The molecular weight excluding hydrogens is 259 g/mol. The summed E-state index contributed by atoms with van der Waals surface area (Å²) in [6, 6.07) is 2.53. The maximum atomic E-state index is 13.4. The van der Waals surface area contributed by atoms with Crippen LogP contribution in [0.25, 0.3) is 0 Å². The second-order valence-electron chi connectivity index (χ2n) is 3.62. The van der Waals surface area contributed by atoms with Gasteiger partial charge in [0.15, 0.2) is 11.6 Å². The van der Waals surface area contributed by atoms with Crippen LogP contribution in [0.5, 0.6) is 0 Å². The molecule has 100 valence electrons. The van der Waals surface area contributed by atoms with Crippen molar-refractivity contribution in [2.75, 3.05) is 23.4 Å². The van der Waals surface area contributed by atoms with Crippen LogP contribution in [0, 0.1) is 17.5 Å². The maximum Gasteiger partial charge on any atom is 0.223 e. The lowest BCUT2D eigenvalue weighted by Crippen LogP contribution is -2.05. The molecule has 0 spiro atoms. The van der Waals surface area contributed by atoms with Crippen LogP contribution in [0.3, 0.4) is 0 Å². The zero-order chi connectivity index (χ0) is 14.0. The number of nitrogens with one attached hydrogen (secondary N) is 2. The summed E-state index contributed by atoms with van der Waals surface area (Å²) < 4.78 is 39.7. The summed E-state index contributed by atoms with van der Waals surface area (Å²) in [6.45, 7) is 0. The lowest BCUT2D eigenvalue weighted by atomic mass is 10.2. The summed E-state index contributed by atoms with van der Waals surface area (Å²) in [6.07, 6.45) is 0. The SMILES string of the molecule is CNc1cc(Nc2c(F)cc(F)cc2F)nc(N)n1. The molecule has 0 atom stereocenters. The van der Waals surface area contributed by atoms with Gasteiger partial charge in [0.25, 0.3) is 0 Å². The zero-order valence-corrected chi connectivity index (χ0v) is 9.84. The Morgan fingerprint density at radius 2 is 1.58 bits per heavy atom. The van der Waals surface area contributed by atoms with Gasteiger partial charge in [0.2, 0.25) is 5.95 Å². The molecule has 0 amide bonds. The highest BCUT2D eigenvalue weighted by atomic mass is 19.1. The smallest absolute Gasteiger partial charge is 0.223 e. The van der Waals surface area contributed by atoms with Gasteiger partial charge < -0.3 is 16.4 Å². The average Bonchev–Trinajstić information content (AvgIpc) is 2.33. The van der Waals surface area contributed by atoms with Gasteiger partial charge in [-0.15, -0.1) is 0 Å². The molecule has 0 fully saturated rings. The van der Waals surface area contributed by atoms with E-state index in [1.807, 2.05) is 0 Å². The van der Waals surface area contributed by atoms with Crippen LogP contribution in [0.4, 0.5) is 36.4 Å². The predicted molar refractivity (Wildman–Crippen MR) is 65.6 cm³/mol. The van der Waals surface area contributed by atoms with Gasteiger partial charge in [-0.05, 0) is 0 Å². The molecule has 1 heterocycles. The van der Waals surface area contributed by atoms with E-state index in [2.05, 4.69) is 20.6 Å². The van der Waals surface area contributed by atoms with Gasteiger partial charge in [-0.1, -0.05) is 0 Å². The first-order chi connectivity index (χ1) is 8.99. The monoisotopic (exact) mass is 269 g/mol. The van der Waals surface area contributed by atoms with Crippen molar-refractivity contribution < 1.29 is 13.2 Å². The van der Waals surface area contributed by atoms with Crippen molar-refractivity contribution in [2.45, 2.75) is 0 Å². The van der Waals surface area contributed by atoms with Gasteiger partial charge in [-0.25, -0.2) is 13.2 Å². The lowest BCUT2D eigenvalue weighted by molar-refractivity contribution is 0.549. The third-order valence-corrected chi connectivity index (χ3v) is 2.26.